The van der Waals surface area contributed by atoms with E-state index in [9.17, 15) is 9.59 Å². The number of nitrogens with zero attached hydrogens (tertiary/aromatic N) is 5. The third-order valence-corrected chi connectivity index (χ3v) is 5.84. The third kappa shape index (κ3) is 4.88. The number of nitrogens with one attached hydrogen (secondary N) is 1. The summed E-state index contributed by atoms with van der Waals surface area (Å²) in [6.07, 6.45) is 0.817. The normalized spacial score (nSPS) is 18.2. The van der Waals surface area contributed by atoms with E-state index in [2.05, 4.69) is 27.3 Å². The topological polar surface area (TPSA) is 73.7 Å². The molecule has 0 aliphatic carbocycles. The first-order chi connectivity index (χ1) is 14.6. The van der Waals surface area contributed by atoms with Crippen molar-refractivity contribution in [1.29, 1.82) is 0 Å². The van der Waals surface area contributed by atoms with Gasteiger partial charge in [-0.3, -0.25) is 19.2 Å². The summed E-state index contributed by atoms with van der Waals surface area (Å²) < 4.78 is 1.68. The number of fused-ring (bicyclic) bond motifs is 1. The van der Waals surface area contributed by atoms with Crippen LogP contribution in [0.3, 0.4) is 0 Å². The summed E-state index contributed by atoms with van der Waals surface area (Å²) in [5.41, 5.74) is 1.91. The van der Waals surface area contributed by atoms with Crippen LogP contribution in [0.15, 0.2) is 36.4 Å². The smallest absolute Gasteiger partial charge is 0.272 e. The minimum absolute atomic E-state index is 0.0691. The van der Waals surface area contributed by atoms with Gasteiger partial charge in [0.1, 0.15) is 5.69 Å². The van der Waals surface area contributed by atoms with Crippen molar-refractivity contribution in [2.24, 2.45) is 0 Å². The summed E-state index contributed by atoms with van der Waals surface area (Å²) in [5, 5.41) is 7.37. The van der Waals surface area contributed by atoms with Crippen LogP contribution in [0.4, 0.5) is 0 Å². The van der Waals surface area contributed by atoms with Crippen LogP contribution in [0.1, 0.15) is 33.0 Å². The first-order valence-electron chi connectivity index (χ1n) is 10.7. The molecule has 30 heavy (non-hydrogen) atoms. The fourth-order valence-electron chi connectivity index (χ4n) is 3.99. The molecule has 3 heterocycles. The molecule has 2 amide bonds. The van der Waals surface area contributed by atoms with Crippen LogP contribution < -0.4 is 5.32 Å². The van der Waals surface area contributed by atoms with E-state index in [4.69, 9.17) is 0 Å². The number of likely N-dealkylation sites (N-methyl/N-ethyl adjacent to an activating group) is 1. The van der Waals surface area contributed by atoms with Crippen LogP contribution in [0.2, 0.25) is 0 Å². The second-order valence-electron chi connectivity index (χ2n) is 8.10. The fraction of sp³-hybridized carbons (Fsp3) is 0.500. The van der Waals surface area contributed by atoms with Gasteiger partial charge in [-0.05, 0) is 19.0 Å². The predicted octanol–water partition coefficient (Wildman–Crippen LogP) is 0.906. The second kappa shape index (κ2) is 9.40. The Kier molecular flexibility index (Phi) is 6.44. The number of hydrogen-bond donors (Lipinski definition) is 1. The van der Waals surface area contributed by atoms with Gasteiger partial charge in [-0.2, -0.15) is 5.10 Å². The first kappa shape index (κ1) is 20.6. The van der Waals surface area contributed by atoms with Gasteiger partial charge in [0, 0.05) is 65.0 Å². The van der Waals surface area contributed by atoms with Crippen LogP contribution in [0, 0.1) is 0 Å². The molecule has 8 heteroatoms. The van der Waals surface area contributed by atoms with Gasteiger partial charge in [-0.1, -0.05) is 30.3 Å². The Labute approximate surface area is 177 Å². The third-order valence-electron chi connectivity index (χ3n) is 5.84. The minimum Gasteiger partial charge on any atom is -0.349 e. The van der Waals surface area contributed by atoms with Crippen LogP contribution >= 0.6 is 0 Å². The minimum atomic E-state index is -0.216. The monoisotopic (exact) mass is 410 g/mol. The zero-order valence-corrected chi connectivity index (χ0v) is 17.6. The molecule has 0 saturated carbocycles. The van der Waals surface area contributed by atoms with E-state index >= 15 is 0 Å². The lowest BCUT2D eigenvalue weighted by Crippen LogP contribution is -2.46. The first-order valence-corrected chi connectivity index (χ1v) is 10.7. The van der Waals surface area contributed by atoms with Crippen molar-refractivity contribution in [3.8, 4) is 0 Å². The largest absolute Gasteiger partial charge is 0.349 e. The highest BCUT2D eigenvalue weighted by Crippen LogP contribution is 2.16. The molecule has 0 spiro atoms. The molecule has 4 rings (SSSR count). The Morgan fingerprint density at radius 1 is 1.07 bits per heavy atom. The molecule has 0 bridgehead atoms. The molecule has 8 nitrogen and oxygen atoms in total. The number of amides is 2. The molecule has 0 radical (unpaired) electrons. The SMILES string of the molecule is CN1CCN(CCNC(=O)c2cc3n(n2)CCCN(Cc2ccccc2)C3=O)CC1. The number of carbonyl (C=O) groups excluding carboxylic acids is 2. The molecule has 1 N–H and O–H groups in total. The Balaban J connectivity index is 1.35. The maximum atomic E-state index is 13.0. The van der Waals surface area contributed by atoms with Crippen LogP contribution in [0.5, 0.6) is 0 Å². The van der Waals surface area contributed by atoms with Crippen molar-refractivity contribution < 1.29 is 9.59 Å². The molecule has 1 aromatic heterocycles. The van der Waals surface area contributed by atoms with E-state index in [-0.39, 0.29) is 11.8 Å². The molecule has 2 aliphatic heterocycles. The molecule has 0 unspecified atom stereocenters. The second-order valence-corrected chi connectivity index (χ2v) is 8.10. The quantitative estimate of drug-likeness (QED) is 0.766. The van der Waals surface area contributed by atoms with Gasteiger partial charge in [0.05, 0.1) is 0 Å². The van der Waals surface area contributed by atoms with E-state index in [0.29, 0.717) is 37.6 Å². The fourth-order valence-corrected chi connectivity index (χ4v) is 3.99. The standard InChI is InChI=1S/C22H30N6O2/c1-25-12-14-26(15-13-25)11-8-23-21(29)19-16-20-22(30)27(9-5-10-28(20)24-19)17-18-6-3-2-4-7-18/h2-4,6-7,16H,5,8-15,17H2,1H3,(H,23,29). The number of aromatic nitrogens is 2. The Morgan fingerprint density at radius 2 is 1.83 bits per heavy atom. The van der Waals surface area contributed by atoms with E-state index in [1.54, 1.807) is 10.7 Å². The van der Waals surface area contributed by atoms with Crippen molar-refractivity contribution in [3.05, 3.63) is 53.3 Å². The summed E-state index contributed by atoms with van der Waals surface area (Å²) >= 11 is 0. The molecule has 1 fully saturated rings. The van der Waals surface area contributed by atoms with Gasteiger partial charge in [-0.15, -0.1) is 0 Å². The van der Waals surface area contributed by atoms with E-state index in [0.717, 1.165) is 44.7 Å². The molecule has 160 valence electrons. The average Bonchev–Trinajstić information content (AvgIpc) is 3.13. The van der Waals surface area contributed by atoms with Crippen LogP contribution in [0.25, 0.3) is 0 Å². The van der Waals surface area contributed by atoms with Crippen LogP contribution in [-0.2, 0) is 13.1 Å². The highest BCUT2D eigenvalue weighted by atomic mass is 16.2. The molecular weight excluding hydrogens is 380 g/mol. The number of carbonyl (C=O) groups is 2. The van der Waals surface area contributed by atoms with Gasteiger partial charge in [0.2, 0.25) is 0 Å². The Morgan fingerprint density at radius 3 is 2.60 bits per heavy atom. The van der Waals surface area contributed by atoms with Crippen molar-refractivity contribution in [1.82, 2.24) is 29.8 Å². The van der Waals surface area contributed by atoms with Crippen molar-refractivity contribution in [2.45, 2.75) is 19.5 Å². The van der Waals surface area contributed by atoms with E-state index < -0.39 is 0 Å². The van der Waals surface area contributed by atoms with Crippen molar-refractivity contribution >= 4 is 11.8 Å². The molecule has 2 aliphatic rings. The lowest BCUT2D eigenvalue weighted by Gasteiger charge is -2.32. The Bertz CT molecular complexity index is 873. The summed E-state index contributed by atoms with van der Waals surface area (Å²) in [4.78, 5) is 32.1. The highest BCUT2D eigenvalue weighted by Gasteiger charge is 2.26. The van der Waals surface area contributed by atoms with Crippen molar-refractivity contribution in [2.75, 3.05) is 52.9 Å². The average molecular weight is 411 g/mol. The maximum Gasteiger partial charge on any atom is 0.272 e. The molecule has 0 atom stereocenters. The number of piperazine rings is 1. The molecule has 1 saturated heterocycles. The van der Waals surface area contributed by atoms with E-state index in [1.807, 2.05) is 35.2 Å². The van der Waals surface area contributed by atoms with Gasteiger partial charge in [-0.25, -0.2) is 0 Å². The molecular formula is C22H30N6O2. The van der Waals surface area contributed by atoms with Gasteiger partial charge >= 0.3 is 0 Å². The van der Waals surface area contributed by atoms with Crippen molar-refractivity contribution in [3.63, 3.8) is 0 Å². The summed E-state index contributed by atoms with van der Waals surface area (Å²) in [6.45, 7) is 7.47. The predicted molar refractivity (Wildman–Crippen MR) is 114 cm³/mol. The van der Waals surface area contributed by atoms with Crippen LogP contribution in [-0.4, -0.2) is 89.2 Å². The maximum absolute atomic E-state index is 13.0. The molecule has 1 aromatic carbocycles. The highest BCUT2D eigenvalue weighted by molar-refractivity contribution is 5.98. The van der Waals surface area contributed by atoms with E-state index in [1.165, 1.54) is 0 Å². The number of rotatable bonds is 6. The zero-order chi connectivity index (χ0) is 20.9. The number of hydrogen-bond acceptors (Lipinski definition) is 5. The summed E-state index contributed by atoms with van der Waals surface area (Å²) in [6, 6.07) is 11.6. The molecule has 2 aromatic rings. The Hall–Kier alpha value is -2.71. The number of benzene rings is 1. The van der Waals surface area contributed by atoms with Gasteiger partial charge in [0.25, 0.3) is 11.8 Å². The lowest BCUT2D eigenvalue weighted by atomic mass is 10.2. The summed E-state index contributed by atoms with van der Waals surface area (Å²) in [7, 11) is 2.13. The van der Waals surface area contributed by atoms with Gasteiger partial charge in [0.15, 0.2) is 5.69 Å². The zero-order valence-electron chi connectivity index (χ0n) is 17.6. The summed E-state index contributed by atoms with van der Waals surface area (Å²) in [5.74, 6) is -0.285. The number of aryl methyl sites for hydroxylation is 1. The lowest BCUT2D eigenvalue weighted by molar-refractivity contribution is 0.0745. The van der Waals surface area contributed by atoms with Gasteiger partial charge < -0.3 is 15.1 Å².